The van der Waals surface area contributed by atoms with E-state index in [4.69, 9.17) is 0 Å². The van der Waals surface area contributed by atoms with E-state index in [2.05, 4.69) is 11.4 Å². The van der Waals surface area contributed by atoms with Gasteiger partial charge in [0.1, 0.15) is 5.82 Å². The van der Waals surface area contributed by atoms with Crippen molar-refractivity contribution in [2.75, 3.05) is 7.05 Å². The van der Waals surface area contributed by atoms with E-state index in [1.807, 2.05) is 13.1 Å². The Labute approximate surface area is 96.1 Å². The van der Waals surface area contributed by atoms with E-state index in [9.17, 15) is 4.39 Å². The van der Waals surface area contributed by atoms with Crippen molar-refractivity contribution in [3.63, 3.8) is 0 Å². The Bertz CT molecular complexity index is 407. The molecule has 0 radical (unpaired) electrons. The molecular weight excluding hydrogens is 201 g/mol. The molecule has 1 aromatic rings. The van der Waals surface area contributed by atoms with Crippen LogP contribution in [0.2, 0.25) is 0 Å². The van der Waals surface area contributed by atoms with Crippen molar-refractivity contribution in [1.82, 2.24) is 5.32 Å². The highest BCUT2D eigenvalue weighted by Crippen LogP contribution is 2.54. The molecule has 86 valence electrons. The lowest BCUT2D eigenvalue weighted by atomic mass is 9.80. The average Bonchev–Trinajstić information content (AvgIpc) is 2.87. The molecule has 0 aromatic heterocycles. The fourth-order valence-corrected chi connectivity index (χ4v) is 3.76. The van der Waals surface area contributed by atoms with Gasteiger partial charge < -0.3 is 5.32 Å². The van der Waals surface area contributed by atoms with Gasteiger partial charge in [0.15, 0.2) is 0 Å². The molecular formula is C14H18FN. The van der Waals surface area contributed by atoms with E-state index in [-0.39, 0.29) is 11.2 Å². The molecule has 2 aliphatic carbocycles. The van der Waals surface area contributed by atoms with Crippen LogP contribution in [0.3, 0.4) is 0 Å². The number of halogens is 1. The predicted molar refractivity (Wildman–Crippen MR) is 63.0 cm³/mol. The van der Waals surface area contributed by atoms with Crippen molar-refractivity contribution in [2.24, 2.45) is 0 Å². The Kier molecular flexibility index (Phi) is 2.28. The summed E-state index contributed by atoms with van der Waals surface area (Å²) in [4.78, 5) is 0. The summed E-state index contributed by atoms with van der Waals surface area (Å²) in [6.45, 7) is 0. The van der Waals surface area contributed by atoms with Gasteiger partial charge in [-0.25, -0.2) is 4.39 Å². The quantitative estimate of drug-likeness (QED) is 0.764. The van der Waals surface area contributed by atoms with E-state index in [0.717, 1.165) is 12.0 Å². The minimum absolute atomic E-state index is 0.0113. The number of hydrogen-bond acceptors (Lipinski definition) is 1. The zero-order valence-corrected chi connectivity index (χ0v) is 9.72. The van der Waals surface area contributed by atoms with Gasteiger partial charge in [-0.3, -0.25) is 0 Å². The molecule has 1 aromatic carbocycles. The smallest absolute Gasteiger partial charge is 0.127 e. The van der Waals surface area contributed by atoms with Crippen LogP contribution in [-0.2, 0) is 5.41 Å². The van der Waals surface area contributed by atoms with E-state index in [0.29, 0.717) is 6.04 Å². The zero-order valence-electron chi connectivity index (χ0n) is 9.72. The zero-order chi connectivity index (χ0) is 11.2. The molecule has 0 bridgehead atoms. The molecule has 1 atom stereocenters. The number of hydrogen-bond donors (Lipinski definition) is 1. The number of fused-ring (bicyclic) bond motifs is 2. The second kappa shape index (κ2) is 3.56. The summed E-state index contributed by atoms with van der Waals surface area (Å²) in [5, 5.41) is 3.33. The molecule has 1 saturated carbocycles. The largest absolute Gasteiger partial charge is 0.313 e. The number of rotatable bonds is 1. The van der Waals surface area contributed by atoms with Crippen molar-refractivity contribution >= 4 is 0 Å². The van der Waals surface area contributed by atoms with Crippen molar-refractivity contribution in [3.05, 3.63) is 35.1 Å². The lowest BCUT2D eigenvalue weighted by molar-refractivity contribution is 0.380. The Hall–Kier alpha value is -0.890. The molecule has 1 N–H and O–H groups in total. The van der Waals surface area contributed by atoms with Gasteiger partial charge in [-0.15, -0.1) is 0 Å². The van der Waals surface area contributed by atoms with Crippen LogP contribution >= 0.6 is 0 Å². The minimum Gasteiger partial charge on any atom is -0.313 e. The lowest BCUT2D eigenvalue weighted by Crippen LogP contribution is -2.21. The van der Waals surface area contributed by atoms with E-state index in [1.165, 1.54) is 31.2 Å². The Morgan fingerprint density at radius 3 is 2.75 bits per heavy atom. The Morgan fingerprint density at radius 2 is 2.06 bits per heavy atom. The number of nitrogens with one attached hydrogen (secondary N) is 1. The third-order valence-corrected chi connectivity index (χ3v) is 4.46. The Balaban J connectivity index is 2.15. The molecule has 1 spiro atoms. The summed E-state index contributed by atoms with van der Waals surface area (Å²) in [5.41, 5.74) is 2.37. The summed E-state index contributed by atoms with van der Waals surface area (Å²) in [5.74, 6) is 0.0113. The fourth-order valence-electron chi connectivity index (χ4n) is 3.76. The first-order valence-electron chi connectivity index (χ1n) is 6.23. The molecule has 0 aliphatic heterocycles. The van der Waals surface area contributed by atoms with Crippen LogP contribution in [0.4, 0.5) is 4.39 Å². The first-order valence-corrected chi connectivity index (χ1v) is 6.23. The monoisotopic (exact) mass is 219 g/mol. The summed E-state index contributed by atoms with van der Waals surface area (Å²) in [7, 11) is 1.98. The summed E-state index contributed by atoms with van der Waals surface area (Å²) in [6, 6.07) is 5.90. The van der Waals surface area contributed by atoms with Gasteiger partial charge in [0, 0.05) is 11.5 Å². The molecule has 1 nitrogen and oxygen atoms in total. The SMILES string of the molecule is CNC1CC2(CCCC2)c2c(F)cccc21. The third-order valence-electron chi connectivity index (χ3n) is 4.46. The summed E-state index contributed by atoms with van der Waals surface area (Å²) in [6.07, 6.45) is 5.92. The molecule has 1 unspecified atom stereocenters. The Morgan fingerprint density at radius 1 is 1.31 bits per heavy atom. The van der Waals surface area contributed by atoms with Gasteiger partial charge >= 0.3 is 0 Å². The first-order chi connectivity index (χ1) is 7.77. The maximum Gasteiger partial charge on any atom is 0.127 e. The standard InChI is InChI=1S/C14H18FN/c1-16-12-9-14(7-2-3-8-14)13-10(12)5-4-6-11(13)15/h4-6,12,16H,2-3,7-9H2,1H3. The molecule has 0 heterocycles. The van der Waals surface area contributed by atoms with Gasteiger partial charge in [0.2, 0.25) is 0 Å². The summed E-state index contributed by atoms with van der Waals surface area (Å²) < 4.78 is 14.1. The van der Waals surface area contributed by atoms with Gasteiger partial charge in [-0.05, 0) is 43.5 Å². The van der Waals surface area contributed by atoms with Gasteiger partial charge in [0.05, 0.1) is 0 Å². The van der Waals surface area contributed by atoms with Crippen LogP contribution in [0, 0.1) is 5.82 Å². The van der Waals surface area contributed by atoms with Crippen LogP contribution in [0.15, 0.2) is 18.2 Å². The lowest BCUT2D eigenvalue weighted by Gasteiger charge is -2.25. The predicted octanol–water partition coefficient (Wildman–Crippen LogP) is 3.30. The van der Waals surface area contributed by atoms with Crippen molar-refractivity contribution in [2.45, 2.75) is 43.6 Å². The molecule has 2 heteroatoms. The van der Waals surface area contributed by atoms with Crippen molar-refractivity contribution < 1.29 is 4.39 Å². The normalized spacial score (nSPS) is 26.2. The van der Waals surface area contributed by atoms with Crippen molar-refractivity contribution in [1.29, 1.82) is 0 Å². The van der Waals surface area contributed by atoms with Gasteiger partial charge in [-0.1, -0.05) is 25.0 Å². The van der Waals surface area contributed by atoms with Crippen molar-refractivity contribution in [3.8, 4) is 0 Å². The molecule has 0 saturated heterocycles. The van der Waals surface area contributed by atoms with Crippen LogP contribution in [0.5, 0.6) is 0 Å². The highest BCUT2D eigenvalue weighted by molar-refractivity contribution is 5.43. The van der Waals surface area contributed by atoms with Crippen LogP contribution in [0.25, 0.3) is 0 Å². The molecule has 3 rings (SSSR count). The molecule has 1 fully saturated rings. The molecule has 2 aliphatic rings. The number of benzene rings is 1. The third kappa shape index (κ3) is 1.26. The van der Waals surface area contributed by atoms with Gasteiger partial charge in [0.25, 0.3) is 0 Å². The highest BCUT2D eigenvalue weighted by atomic mass is 19.1. The first kappa shape index (κ1) is 10.3. The fraction of sp³-hybridized carbons (Fsp3) is 0.571. The van der Waals surface area contributed by atoms with E-state index >= 15 is 0 Å². The maximum absolute atomic E-state index is 14.1. The molecule has 0 amide bonds. The highest BCUT2D eigenvalue weighted by Gasteiger charge is 2.46. The van der Waals surface area contributed by atoms with E-state index < -0.39 is 0 Å². The average molecular weight is 219 g/mol. The maximum atomic E-state index is 14.1. The minimum atomic E-state index is 0.0113. The second-order valence-electron chi connectivity index (χ2n) is 5.24. The van der Waals surface area contributed by atoms with Crippen LogP contribution in [-0.4, -0.2) is 7.05 Å². The van der Waals surface area contributed by atoms with E-state index in [1.54, 1.807) is 6.07 Å². The second-order valence-corrected chi connectivity index (χ2v) is 5.24. The van der Waals surface area contributed by atoms with Crippen LogP contribution in [0.1, 0.15) is 49.3 Å². The molecule has 16 heavy (non-hydrogen) atoms. The van der Waals surface area contributed by atoms with Gasteiger partial charge in [-0.2, -0.15) is 0 Å². The van der Waals surface area contributed by atoms with Crippen LogP contribution < -0.4 is 5.32 Å². The summed E-state index contributed by atoms with van der Waals surface area (Å²) >= 11 is 0. The topological polar surface area (TPSA) is 12.0 Å².